The summed E-state index contributed by atoms with van der Waals surface area (Å²) in [7, 11) is 5.34. The van der Waals surface area contributed by atoms with Crippen molar-refractivity contribution in [2.45, 2.75) is 95.7 Å². The number of carbonyl (C=O) groups excluding carboxylic acids is 4. The molecule has 2 atom stereocenters. The highest BCUT2D eigenvalue weighted by molar-refractivity contribution is 7.13. The lowest BCUT2D eigenvalue weighted by Gasteiger charge is -2.16. The van der Waals surface area contributed by atoms with E-state index in [1.54, 1.807) is 38.2 Å². The Labute approximate surface area is 427 Å². The molecular formula is C53H63N13O4S2. The van der Waals surface area contributed by atoms with E-state index in [0.717, 1.165) is 120 Å². The van der Waals surface area contributed by atoms with Gasteiger partial charge in [-0.25, -0.2) is 15.0 Å². The maximum atomic E-state index is 13.3. The summed E-state index contributed by atoms with van der Waals surface area (Å²) in [5.41, 5.74) is 6.68. The lowest BCUT2D eigenvalue weighted by Crippen LogP contribution is -2.28. The number of fused-ring (bicyclic) bond motifs is 2. The molecule has 4 amide bonds. The van der Waals surface area contributed by atoms with Crippen molar-refractivity contribution in [1.82, 2.24) is 65.6 Å². The second-order valence-corrected chi connectivity index (χ2v) is 20.1. The predicted molar refractivity (Wildman–Crippen MR) is 283 cm³/mol. The number of rotatable bonds is 22. The van der Waals surface area contributed by atoms with Crippen LogP contribution in [-0.2, 0) is 23.2 Å². The molecule has 9 rings (SSSR count). The number of likely N-dealkylation sites (tertiary alicyclic amines) is 1. The fraction of sp³-hybridized carbons (Fsp3) is 0.377. The summed E-state index contributed by atoms with van der Waals surface area (Å²) >= 11 is 2.77. The highest BCUT2D eigenvalue weighted by Gasteiger charge is 2.23. The third-order valence-electron chi connectivity index (χ3n) is 13.0. The van der Waals surface area contributed by atoms with E-state index >= 15 is 0 Å². The Kier molecular flexibility index (Phi) is 18.0. The monoisotopic (exact) mass is 1010 g/mol. The molecule has 72 heavy (non-hydrogen) atoms. The van der Waals surface area contributed by atoms with Crippen LogP contribution in [0.15, 0.2) is 97.4 Å². The first-order valence-electron chi connectivity index (χ1n) is 24.7. The van der Waals surface area contributed by atoms with E-state index in [0.29, 0.717) is 29.0 Å². The number of nitrogens with one attached hydrogen (secondary N) is 6. The van der Waals surface area contributed by atoms with Crippen LogP contribution in [0.1, 0.15) is 125 Å². The third-order valence-corrected chi connectivity index (χ3v) is 14.7. The van der Waals surface area contributed by atoms with E-state index in [1.165, 1.54) is 41.0 Å². The number of thiazole rings is 2. The van der Waals surface area contributed by atoms with Crippen LogP contribution >= 0.6 is 22.7 Å². The Morgan fingerprint density at radius 3 is 1.90 bits per heavy atom. The molecule has 1 aliphatic rings. The summed E-state index contributed by atoms with van der Waals surface area (Å²) in [5, 5.41) is 15.9. The minimum Gasteiger partial charge on any atom is -0.359 e. The minimum atomic E-state index is -0.280. The molecule has 0 spiro atoms. The number of imidazole rings is 2. The first kappa shape index (κ1) is 51.3. The van der Waals surface area contributed by atoms with Crippen molar-refractivity contribution in [2.24, 2.45) is 7.05 Å². The summed E-state index contributed by atoms with van der Waals surface area (Å²) in [5.74, 6) is 1.26. The number of amides is 4. The van der Waals surface area contributed by atoms with Gasteiger partial charge in [-0.3, -0.25) is 34.0 Å². The Morgan fingerprint density at radius 1 is 0.653 bits per heavy atom. The van der Waals surface area contributed by atoms with Crippen LogP contribution in [-0.4, -0.2) is 95.2 Å². The van der Waals surface area contributed by atoms with Gasteiger partial charge in [-0.05, 0) is 87.3 Å². The first-order chi connectivity index (χ1) is 35.1. The zero-order valence-electron chi connectivity index (χ0n) is 41.1. The maximum absolute atomic E-state index is 13.3. The Balaban J connectivity index is 0.000000195. The molecule has 1 saturated heterocycles. The van der Waals surface area contributed by atoms with Crippen LogP contribution in [0.2, 0.25) is 0 Å². The number of H-pyrrole nitrogens is 2. The van der Waals surface area contributed by atoms with E-state index < -0.39 is 0 Å². The van der Waals surface area contributed by atoms with Gasteiger partial charge in [-0.2, -0.15) is 0 Å². The number of nitrogens with zero attached hydrogens (tertiary/aromatic N) is 7. The largest absolute Gasteiger partial charge is 0.359 e. The number of pyridine rings is 1. The second-order valence-electron chi connectivity index (χ2n) is 18.1. The molecule has 0 unspecified atom stereocenters. The van der Waals surface area contributed by atoms with Gasteiger partial charge in [0.05, 0.1) is 60.3 Å². The number of hydrogen-bond acceptors (Lipinski definition) is 12. The summed E-state index contributed by atoms with van der Waals surface area (Å²) in [4.78, 5) is 81.4. The van der Waals surface area contributed by atoms with E-state index in [-0.39, 0.29) is 35.7 Å². The van der Waals surface area contributed by atoms with Gasteiger partial charge >= 0.3 is 0 Å². The fourth-order valence-electron chi connectivity index (χ4n) is 8.86. The SMILES string of the molecule is CNC(=O)CCCCC[C@H](NC(=O)c1cnc(CN2CCCC2)s1)c1ncc(-c2ccc3ccncc3c2)[nH]1.CNC(=O)CCCCC[C@H](NC(=O)c1cncs1)c1ncc(-c2ccc3c(ccn3C)c2)[nH]1. The average Bonchev–Trinajstić information content (AvgIpc) is 4.28. The smallest absolute Gasteiger partial charge is 0.263 e. The number of carbonyl (C=O) groups is 4. The van der Waals surface area contributed by atoms with Gasteiger partial charge in [0, 0.05) is 80.0 Å². The van der Waals surface area contributed by atoms with Crippen LogP contribution < -0.4 is 21.3 Å². The predicted octanol–water partition coefficient (Wildman–Crippen LogP) is 9.04. The van der Waals surface area contributed by atoms with Crippen LogP contribution in [0.3, 0.4) is 0 Å². The van der Waals surface area contributed by atoms with E-state index in [4.69, 9.17) is 0 Å². The van der Waals surface area contributed by atoms with Crippen molar-refractivity contribution in [3.8, 4) is 22.5 Å². The molecule has 0 bridgehead atoms. The maximum Gasteiger partial charge on any atom is 0.263 e. The molecule has 1 fully saturated rings. The Hall–Kier alpha value is -7.09. The zero-order valence-corrected chi connectivity index (χ0v) is 42.7. The molecule has 8 aromatic rings. The fourth-order valence-corrected chi connectivity index (χ4v) is 10.2. The number of aromatic amines is 2. The summed E-state index contributed by atoms with van der Waals surface area (Å²) in [6, 6.07) is 16.1. The van der Waals surface area contributed by atoms with Crippen molar-refractivity contribution in [3.05, 3.63) is 124 Å². The molecule has 19 heteroatoms. The second kappa shape index (κ2) is 25.3. The van der Waals surface area contributed by atoms with Crippen molar-refractivity contribution >= 4 is 68.0 Å². The number of aromatic nitrogens is 8. The molecule has 6 N–H and O–H groups in total. The van der Waals surface area contributed by atoms with Gasteiger partial charge in [0.2, 0.25) is 11.8 Å². The van der Waals surface area contributed by atoms with Crippen LogP contribution in [0.4, 0.5) is 0 Å². The molecule has 6 aromatic heterocycles. The van der Waals surface area contributed by atoms with E-state index in [1.807, 2.05) is 37.9 Å². The minimum absolute atomic E-state index is 0.0519. The Morgan fingerprint density at radius 2 is 1.28 bits per heavy atom. The van der Waals surface area contributed by atoms with E-state index in [2.05, 4.69) is 108 Å². The van der Waals surface area contributed by atoms with Gasteiger partial charge in [-0.1, -0.05) is 43.9 Å². The molecule has 1 aliphatic heterocycles. The molecule has 0 aliphatic carbocycles. The number of aryl methyl sites for hydroxylation is 1. The Bertz CT molecular complexity index is 3040. The third kappa shape index (κ3) is 13.9. The summed E-state index contributed by atoms with van der Waals surface area (Å²) in [6.45, 7) is 2.99. The average molecular weight is 1010 g/mol. The quantitative estimate of drug-likeness (QED) is 0.0354. The number of benzene rings is 2. The van der Waals surface area contributed by atoms with Crippen molar-refractivity contribution in [1.29, 1.82) is 0 Å². The summed E-state index contributed by atoms with van der Waals surface area (Å²) < 4.78 is 2.09. The van der Waals surface area contributed by atoms with Crippen LogP contribution in [0.5, 0.6) is 0 Å². The van der Waals surface area contributed by atoms with Crippen molar-refractivity contribution in [3.63, 3.8) is 0 Å². The highest BCUT2D eigenvalue weighted by atomic mass is 32.1. The van der Waals surface area contributed by atoms with Gasteiger partial charge < -0.3 is 35.8 Å². The van der Waals surface area contributed by atoms with Gasteiger partial charge in [0.1, 0.15) is 26.4 Å². The van der Waals surface area contributed by atoms with Crippen LogP contribution in [0, 0.1) is 0 Å². The molecule has 17 nitrogen and oxygen atoms in total. The normalized spacial score (nSPS) is 13.4. The van der Waals surface area contributed by atoms with Gasteiger partial charge in [0.25, 0.3) is 11.8 Å². The van der Waals surface area contributed by atoms with Gasteiger partial charge in [-0.15, -0.1) is 22.7 Å². The van der Waals surface area contributed by atoms with Crippen molar-refractivity contribution < 1.29 is 19.2 Å². The van der Waals surface area contributed by atoms with E-state index in [9.17, 15) is 19.2 Å². The number of hydrogen-bond donors (Lipinski definition) is 6. The first-order valence-corrected chi connectivity index (χ1v) is 26.4. The lowest BCUT2D eigenvalue weighted by molar-refractivity contribution is -0.121. The van der Waals surface area contributed by atoms with Crippen LogP contribution in [0.25, 0.3) is 44.2 Å². The lowest BCUT2D eigenvalue weighted by atomic mass is 10.1. The molecule has 7 heterocycles. The molecular weight excluding hydrogens is 947 g/mol. The standard InChI is InChI=1S/C29H35N7O2S.C24H28N6O2S/c1-30-26(37)8-4-2-3-7-23(35-29(38)25-18-32-27(39-25)19-36-13-5-6-14-36)28-33-17-24(34-28)21-10-9-20-11-12-31-16-22(20)15-21;1-25-22(31)7-5-3-4-6-18(29-24(32)21-14-26-15-33-21)23-27-13-19(28-23)16-8-9-20-17(12-16)10-11-30(20)2/h9-12,15-18,23H,2-8,13-14,19H2,1H3,(H,30,37)(H,33,34)(H,35,38);8-15,18H,3-7H2,1-2H3,(H,25,31)(H,27,28)(H,29,32)/t23-;18-/m00/s1. The topological polar surface area (TPSA) is 221 Å². The molecule has 376 valence electrons. The van der Waals surface area contributed by atoms with Gasteiger partial charge in [0.15, 0.2) is 0 Å². The molecule has 0 saturated carbocycles. The molecule has 0 radical (unpaired) electrons. The molecule has 2 aromatic carbocycles. The zero-order chi connectivity index (χ0) is 50.2. The highest BCUT2D eigenvalue weighted by Crippen LogP contribution is 2.29. The summed E-state index contributed by atoms with van der Waals surface area (Å²) in [6.07, 6.45) is 22.6. The number of unbranched alkanes of at least 4 members (excludes halogenated alkanes) is 4. The van der Waals surface area contributed by atoms with Crippen molar-refractivity contribution in [2.75, 3.05) is 27.2 Å².